The van der Waals surface area contributed by atoms with E-state index in [-0.39, 0.29) is 18.0 Å². The quantitative estimate of drug-likeness (QED) is 0.395. The summed E-state index contributed by atoms with van der Waals surface area (Å²) in [6.45, 7) is 5.04. The van der Waals surface area contributed by atoms with Crippen molar-refractivity contribution in [1.82, 2.24) is 29.4 Å². The van der Waals surface area contributed by atoms with Gasteiger partial charge >= 0.3 is 0 Å². The zero-order valence-corrected chi connectivity index (χ0v) is 22.3. The van der Waals surface area contributed by atoms with Crippen LogP contribution in [-0.4, -0.2) is 68.7 Å². The molecule has 10 heteroatoms. The van der Waals surface area contributed by atoms with Gasteiger partial charge < -0.3 is 14.2 Å². The average molecular weight is 530 g/mol. The minimum absolute atomic E-state index is 0.109. The molecule has 194 valence electrons. The number of hydrogen-bond donors (Lipinski definition) is 0. The molecule has 38 heavy (non-hydrogen) atoms. The van der Waals surface area contributed by atoms with Crippen molar-refractivity contribution in [2.45, 2.75) is 25.4 Å². The second kappa shape index (κ2) is 8.76. The van der Waals surface area contributed by atoms with Gasteiger partial charge in [0.25, 0.3) is 5.91 Å². The van der Waals surface area contributed by atoms with E-state index in [9.17, 15) is 4.79 Å². The molecule has 1 amide bonds. The first kappa shape index (κ1) is 23.6. The molecule has 2 aromatic carbocycles. The number of fused-ring (bicyclic) bond motifs is 2. The Kier molecular flexibility index (Phi) is 5.43. The van der Waals surface area contributed by atoms with E-state index in [1.165, 1.54) is 5.57 Å². The Morgan fingerprint density at radius 1 is 1.11 bits per heavy atom. The van der Waals surface area contributed by atoms with E-state index < -0.39 is 0 Å². The molecule has 3 aliphatic rings. The SMILES string of the molecule is Cc1cc(N2C(=O)c3nc(C4=CCN(C)CC4)n(C4COC4)c3C2c2ccc(Cl)cc2)cc2c1nnn2C. The number of likely N-dealkylation sites (N-methyl/N-ethyl adjacent to an activating group) is 1. The molecule has 1 atom stereocenters. The molecule has 0 radical (unpaired) electrons. The molecule has 1 fully saturated rings. The Bertz CT molecular complexity index is 1620. The number of aryl methyl sites for hydroxylation is 2. The second-order valence-corrected chi connectivity index (χ2v) is 10.9. The lowest BCUT2D eigenvalue weighted by Gasteiger charge is -2.34. The molecule has 0 aliphatic carbocycles. The first-order valence-electron chi connectivity index (χ1n) is 12.9. The van der Waals surface area contributed by atoms with Gasteiger partial charge in [-0.25, -0.2) is 9.67 Å². The third-order valence-corrected chi connectivity index (χ3v) is 8.18. The Morgan fingerprint density at radius 3 is 2.58 bits per heavy atom. The minimum Gasteiger partial charge on any atom is -0.377 e. The zero-order valence-electron chi connectivity index (χ0n) is 21.6. The van der Waals surface area contributed by atoms with Crippen molar-refractivity contribution in [2.24, 2.45) is 7.05 Å². The van der Waals surface area contributed by atoms with E-state index >= 15 is 0 Å². The summed E-state index contributed by atoms with van der Waals surface area (Å²) in [6.07, 6.45) is 3.14. The van der Waals surface area contributed by atoms with Crippen LogP contribution in [0.25, 0.3) is 16.6 Å². The summed E-state index contributed by atoms with van der Waals surface area (Å²) in [4.78, 5) is 23.5. The van der Waals surface area contributed by atoms with Gasteiger partial charge in [0.2, 0.25) is 0 Å². The molecule has 1 saturated heterocycles. The molecule has 7 rings (SSSR count). The number of ether oxygens (including phenoxy) is 1. The van der Waals surface area contributed by atoms with Gasteiger partial charge in [0.1, 0.15) is 17.4 Å². The van der Waals surface area contributed by atoms with E-state index in [0.717, 1.165) is 58.9 Å². The molecule has 5 heterocycles. The highest BCUT2D eigenvalue weighted by Gasteiger charge is 2.46. The Hall–Kier alpha value is -3.53. The highest BCUT2D eigenvalue weighted by atomic mass is 35.5. The van der Waals surface area contributed by atoms with Gasteiger partial charge in [0.15, 0.2) is 5.69 Å². The van der Waals surface area contributed by atoms with Crippen LogP contribution >= 0.6 is 11.6 Å². The zero-order chi connectivity index (χ0) is 26.1. The van der Waals surface area contributed by atoms with Crippen LogP contribution in [0, 0.1) is 6.92 Å². The lowest BCUT2D eigenvalue weighted by atomic mass is 10.0. The largest absolute Gasteiger partial charge is 0.377 e. The monoisotopic (exact) mass is 529 g/mol. The fourth-order valence-corrected chi connectivity index (χ4v) is 5.92. The molecule has 1 unspecified atom stereocenters. The maximum Gasteiger partial charge on any atom is 0.279 e. The average Bonchev–Trinajstić information content (AvgIpc) is 3.52. The Balaban J connectivity index is 1.45. The number of benzene rings is 2. The molecule has 4 aromatic rings. The van der Waals surface area contributed by atoms with Crippen molar-refractivity contribution >= 4 is 39.8 Å². The summed E-state index contributed by atoms with van der Waals surface area (Å²) >= 11 is 6.28. The number of halogens is 1. The van der Waals surface area contributed by atoms with Gasteiger partial charge in [-0.05, 0) is 61.4 Å². The van der Waals surface area contributed by atoms with Crippen molar-refractivity contribution in [1.29, 1.82) is 0 Å². The summed E-state index contributed by atoms with van der Waals surface area (Å²) in [5.41, 5.74) is 7.05. The molecule has 3 aliphatic heterocycles. The molecule has 0 spiro atoms. The highest BCUT2D eigenvalue weighted by molar-refractivity contribution is 6.30. The van der Waals surface area contributed by atoms with Crippen LogP contribution in [-0.2, 0) is 11.8 Å². The van der Waals surface area contributed by atoms with E-state index in [2.05, 4.69) is 32.9 Å². The van der Waals surface area contributed by atoms with E-state index in [1.807, 2.05) is 55.3 Å². The lowest BCUT2D eigenvalue weighted by Crippen LogP contribution is -2.36. The number of carbonyl (C=O) groups is 1. The Morgan fingerprint density at radius 2 is 1.89 bits per heavy atom. The van der Waals surface area contributed by atoms with E-state index in [4.69, 9.17) is 21.3 Å². The van der Waals surface area contributed by atoms with Crippen molar-refractivity contribution in [3.63, 3.8) is 0 Å². The van der Waals surface area contributed by atoms with Crippen LogP contribution in [0.3, 0.4) is 0 Å². The number of hydrogen-bond acceptors (Lipinski definition) is 6. The van der Waals surface area contributed by atoms with Crippen LogP contribution in [0.15, 0.2) is 42.5 Å². The number of nitrogens with zero attached hydrogens (tertiary/aromatic N) is 7. The van der Waals surface area contributed by atoms with Crippen LogP contribution in [0.4, 0.5) is 5.69 Å². The highest BCUT2D eigenvalue weighted by Crippen LogP contribution is 2.46. The topological polar surface area (TPSA) is 81.3 Å². The predicted molar refractivity (Wildman–Crippen MR) is 146 cm³/mol. The number of imidazole rings is 1. The number of anilines is 1. The molecule has 2 aromatic heterocycles. The lowest BCUT2D eigenvalue weighted by molar-refractivity contribution is -0.0249. The summed E-state index contributed by atoms with van der Waals surface area (Å²) in [5.74, 6) is 0.786. The van der Waals surface area contributed by atoms with E-state index in [1.54, 1.807) is 4.68 Å². The number of carbonyl (C=O) groups excluding carboxylic acids is 1. The molecular weight excluding hydrogens is 502 g/mol. The van der Waals surface area contributed by atoms with Crippen molar-refractivity contribution in [3.05, 3.63) is 75.8 Å². The summed E-state index contributed by atoms with van der Waals surface area (Å²) in [6, 6.07) is 11.5. The predicted octanol–water partition coefficient (Wildman–Crippen LogP) is 4.17. The van der Waals surface area contributed by atoms with Gasteiger partial charge in [0, 0.05) is 30.8 Å². The van der Waals surface area contributed by atoms with Gasteiger partial charge in [-0.1, -0.05) is 35.0 Å². The van der Waals surface area contributed by atoms with Crippen molar-refractivity contribution in [2.75, 3.05) is 38.3 Å². The molecule has 0 saturated carbocycles. The van der Waals surface area contributed by atoms with Crippen molar-refractivity contribution in [3.8, 4) is 0 Å². The van der Waals surface area contributed by atoms with Crippen LogP contribution in [0.2, 0.25) is 5.02 Å². The third-order valence-electron chi connectivity index (χ3n) is 7.93. The minimum atomic E-state index is -0.360. The number of aromatic nitrogens is 5. The Labute approximate surface area is 225 Å². The first-order chi connectivity index (χ1) is 18.4. The fraction of sp³-hybridized carbons (Fsp3) is 0.357. The molecule has 0 N–H and O–H groups in total. The summed E-state index contributed by atoms with van der Waals surface area (Å²) in [7, 11) is 3.98. The first-order valence-corrected chi connectivity index (χ1v) is 13.3. The second-order valence-electron chi connectivity index (χ2n) is 10.4. The molecule has 9 nitrogen and oxygen atoms in total. The maximum atomic E-state index is 14.3. The standard InChI is InChI=1S/C28H28ClN7O2/c1-16-12-20(13-22-23(16)31-32-34(22)3)36-25(17-4-6-19(29)7-5-17)26-24(28(36)37)30-27(35(26)21-14-38-15-21)18-8-10-33(2)11-9-18/h4-8,12-13,21,25H,9-11,14-15H2,1-3H3. The van der Waals surface area contributed by atoms with Gasteiger partial charge in [-0.15, -0.1) is 5.10 Å². The maximum absolute atomic E-state index is 14.3. The van der Waals surface area contributed by atoms with Crippen LogP contribution in [0.1, 0.15) is 51.6 Å². The number of amides is 1. The normalized spacial score (nSPS) is 20.2. The smallest absolute Gasteiger partial charge is 0.279 e. The van der Waals surface area contributed by atoms with E-state index in [0.29, 0.717) is 23.9 Å². The fourth-order valence-electron chi connectivity index (χ4n) is 5.80. The van der Waals surface area contributed by atoms with Gasteiger partial charge in [0.05, 0.1) is 30.5 Å². The number of rotatable bonds is 4. The third kappa shape index (κ3) is 3.53. The molecular formula is C28H28ClN7O2. The molecule has 0 bridgehead atoms. The summed E-state index contributed by atoms with van der Waals surface area (Å²) in [5, 5.41) is 9.15. The summed E-state index contributed by atoms with van der Waals surface area (Å²) < 4.78 is 9.66. The van der Waals surface area contributed by atoms with Crippen molar-refractivity contribution < 1.29 is 9.53 Å². The van der Waals surface area contributed by atoms with Gasteiger partial charge in [-0.3, -0.25) is 9.69 Å². The van der Waals surface area contributed by atoms with Gasteiger partial charge in [-0.2, -0.15) is 0 Å². The van der Waals surface area contributed by atoms with Crippen LogP contribution in [0.5, 0.6) is 0 Å². The van der Waals surface area contributed by atoms with Crippen LogP contribution < -0.4 is 4.90 Å².